The molecule has 2 aromatic carbocycles. The number of aliphatic hydroxyl groups excluding tert-OH is 2. The third-order valence-corrected chi connectivity index (χ3v) is 7.94. The first kappa shape index (κ1) is 32.3. The number of aryl methyl sites for hydroxylation is 3. The van der Waals surface area contributed by atoms with Crippen molar-refractivity contribution in [3.63, 3.8) is 0 Å². The van der Waals surface area contributed by atoms with Crippen molar-refractivity contribution in [2.45, 2.75) is 105 Å². The van der Waals surface area contributed by atoms with E-state index in [1.54, 1.807) is 0 Å². The number of carboxylic acids is 1. The average molecular weight is 542 g/mol. The highest BCUT2D eigenvalue weighted by molar-refractivity contribution is 5.84. The molecular formula is C32H47NO6. The fourth-order valence-electron chi connectivity index (χ4n) is 5.09. The van der Waals surface area contributed by atoms with Gasteiger partial charge in [-0.15, -0.1) is 0 Å². The fraction of sp³-hybridized carbons (Fsp3) is 0.562. The van der Waals surface area contributed by atoms with Crippen molar-refractivity contribution >= 4 is 11.9 Å². The van der Waals surface area contributed by atoms with Gasteiger partial charge < -0.3 is 25.4 Å². The molecule has 2 aromatic rings. The molecule has 216 valence electrons. The number of aliphatic hydroxyl groups is 2. The molecule has 7 nitrogen and oxygen atoms in total. The molecule has 1 amide bonds. The molecule has 0 fully saturated rings. The number of carboxylic acid groups (broad SMARTS) is 1. The molecule has 0 bridgehead atoms. The number of benzene rings is 2. The summed E-state index contributed by atoms with van der Waals surface area (Å²) < 4.78 is 5.70. The molecule has 0 heterocycles. The molecule has 7 heteroatoms. The average Bonchev–Trinajstić information content (AvgIpc) is 2.86. The number of carbonyl (C=O) groups excluding carboxylic acids is 1. The quantitative estimate of drug-likeness (QED) is 0.281. The fourth-order valence-corrected chi connectivity index (χ4v) is 5.09. The van der Waals surface area contributed by atoms with Crippen molar-refractivity contribution in [3.05, 3.63) is 64.2 Å². The third-order valence-electron chi connectivity index (χ3n) is 7.94. The maximum Gasteiger partial charge on any atom is 0.328 e. The van der Waals surface area contributed by atoms with Crippen LogP contribution < -0.4 is 10.1 Å². The number of amides is 1. The smallest absolute Gasteiger partial charge is 0.328 e. The Morgan fingerprint density at radius 2 is 1.51 bits per heavy atom. The zero-order chi connectivity index (χ0) is 29.5. The van der Waals surface area contributed by atoms with E-state index in [0.717, 1.165) is 36.8 Å². The lowest BCUT2D eigenvalue weighted by molar-refractivity contribution is -0.145. The van der Waals surface area contributed by atoms with Crippen LogP contribution in [0.1, 0.15) is 88.6 Å². The normalized spacial score (nSPS) is 14.4. The Morgan fingerprint density at radius 3 is 1.97 bits per heavy atom. The van der Waals surface area contributed by atoms with Gasteiger partial charge in [-0.3, -0.25) is 4.79 Å². The predicted molar refractivity (Wildman–Crippen MR) is 154 cm³/mol. The lowest BCUT2D eigenvalue weighted by Crippen LogP contribution is -2.49. The number of rotatable bonds is 13. The molecule has 0 saturated heterocycles. The summed E-state index contributed by atoms with van der Waals surface area (Å²) in [5.74, 6) is -1.38. The van der Waals surface area contributed by atoms with Crippen LogP contribution in [0.3, 0.4) is 0 Å². The zero-order valence-corrected chi connectivity index (χ0v) is 24.8. The molecule has 0 spiro atoms. The van der Waals surface area contributed by atoms with Gasteiger partial charge in [0.1, 0.15) is 5.75 Å². The van der Waals surface area contributed by atoms with Gasteiger partial charge in [0.25, 0.3) is 5.91 Å². The number of ether oxygens (including phenoxy) is 1. The maximum atomic E-state index is 12.2. The molecule has 3 atom stereocenters. The van der Waals surface area contributed by atoms with Crippen molar-refractivity contribution < 1.29 is 29.6 Å². The molecule has 39 heavy (non-hydrogen) atoms. The molecule has 2 rings (SSSR count). The number of carbonyl (C=O) groups is 2. The van der Waals surface area contributed by atoms with Gasteiger partial charge in [-0.05, 0) is 85.8 Å². The minimum absolute atomic E-state index is 0.135. The van der Waals surface area contributed by atoms with Gasteiger partial charge in [0.15, 0.2) is 12.6 Å². The van der Waals surface area contributed by atoms with Gasteiger partial charge >= 0.3 is 5.97 Å². The van der Waals surface area contributed by atoms with E-state index in [4.69, 9.17) is 9.84 Å². The Morgan fingerprint density at radius 1 is 0.949 bits per heavy atom. The summed E-state index contributed by atoms with van der Waals surface area (Å²) in [5, 5.41) is 31.5. The lowest BCUT2D eigenvalue weighted by Gasteiger charge is -2.34. The largest absolute Gasteiger partial charge is 0.484 e. The van der Waals surface area contributed by atoms with Crippen molar-refractivity contribution in [1.29, 1.82) is 0 Å². The van der Waals surface area contributed by atoms with E-state index in [2.05, 4.69) is 71.1 Å². The van der Waals surface area contributed by atoms with Crippen LogP contribution in [0.4, 0.5) is 0 Å². The molecule has 0 saturated carbocycles. The Labute approximate surface area is 233 Å². The molecular weight excluding hydrogens is 494 g/mol. The second kappa shape index (κ2) is 13.4. The van der Waals surface area contributed by atoms with E-state index < -0.39 is 24.0 Å². The summed E-state index contributed by atoms with van der Waals surface area (Å²) in [4.78, 5) is 23.4. The van der Waals surface area contributed by atoms with Crippen LogP contribution >= 0.6 is 0 Å². The third kappa shape index (κ3) is 8.05. The van der Waals surface area contributed by atoms with Crippen LogP contribution in [0.2, 0.25) is 0 Å². The van der Waals surface area contributed by atoms with Gasteiger partial charge in [-0.1, -0.05) is 65.0 Å². The summed E-state index contributed by atoms with van der Waals surface area (Å²) in [7, 11) is 0. The summed E-state index contributed by atoms with van der Waals surface area (Å²) >= 11 is 0. The SMILES string of the molecule is CCC(CC)(c1ccc(CCC(O)C(C)(C)C)c(C)c1)c1ccc(OCC(=O)N[C@@H](C(=O)O)[C@H](C)O)c(C)c1. The van der Waals surface area contributed by atoms with Crippen LogP contribution in [0, 0.1) is 19.3 Å². The lowest BCUT2D eigenvalue weighted by atomic mass is 9.69. The molecule has 0 aliphatic rings. The zero-order valence-electron chi connectivity index (χ0n) is 24.8. The second-order valence-corrected chi connectivity index (χ2v) is 11.7. The Bertz CT molecular complexity index is 1130. The topological polar surface area (TPSA) is 116 Å². The molecule has 0 aliphatic heterocycles. The maximum absolute atomic E-state index is 12.2. The summed E-state index contributed by atoms with van der Waals surface area (Å²) in [5.41, 5.74) is 5.43. The van der Waals surface area contributed by atoms with E-state index in [9.17, 15) is 19.8 Å². The molecule has 0 aliphatic carbocycles. The minimum atomic E-state index is -1.39. The van der Waals surface area contributed by atoms with Gasteiger partial charge in [-0.2, -0.15) is 0 Å². The molecule has 4 N–H and O–H groups in total. The first-order chi connectivity index (χ1) is 18.2. The molecule has 0 aromatic heterocycles. The second-order valence-electron chi connectivity index (χ2n) is 11.7. The van der Waals surface area contributed by atoms with Gasteiger partial charge in [0, 0.05) is 5.41 Å². The molecule has 0 radical (unpaired) electrons. The molecule has 1 unspecified atom stereocenters. The standard InChI is InChI=1S/C32H47NO6/c1-9-32(10-2,24-13-11-23(20(3)17-24)12-16-27(35)31(6,7)8)25-14-15-26(21(4)18-25)39-19-28(36)33-29(22(5)34)30(37)38/h11,13-15,17-18,22,27,29,34-35H,9-10,12,16,19H2,1-8H3,(H,33,36)(H,37,38)/t22-,27?,29+/m0/s1. The van der Waals surface area contributed by atoms with Crippen LogP contribution in [0.25, 0.3) is 0 Å². The number of hydrogen-bond donors (Lipinski definition) is 4. The summed E-state index contributed by atoms with van der Waals surface area (Å²) in [6.45, 7) is 15.6. The van der Waals surface area contributed by atoms with E-state index in [-0.39, 0.29) is 23.5 Å². The Kier molecular flexibility index (Phi) is 11.1. The highest BCUT2D eigenvalue weighted by Crippen LogP contribution is 2.41. The number of nitrogens with one attached hydrogen (secondary N) is 1. The van der Waals surface area contributed by atoms with E-state index in [1.165, 1.54) is 23.6 Å². The Hall–Kier alpha value is -2.90. The first-order valence-electron chi connectivity index (χ1n) is 13.9. The first-order valence-corrected chi connectivity index (χ1v) is 13.9. The van der Waals surface area contributed by atoms with Crippen molar-refractivity contribution in [3.8, 4) is 5.75 Å². The highest BCUT2D eigenvalue weighted by atomic mass is 16.5. The van der Waals surface area contributed by atoms with E-state index in [0.29, 0.717) is 5.75 Å². The Balaban J connectivity index is 2.23. The van der Waals surface area contributed by atoms with Crippen molar-refractivity contribution in [1.82, 2.24) is 5.32 Å². The number of hydrogen-bond acceptors (Lipinski definition) is 5. The number of aliphatic carboxylic acids is 1. The van der Waals surface area contributed by atoms with Crippen LogP contribution in [0.5, 0.6) is 5.75 Å². The minimum Gasteiger partial charge on any atom is -0.484 e. The predicted octanol–water partition coefficient (Wildman–Crippen LogP) is 5.08. The van der Waals surface area contributed by atoms with Crippen LogP contribution in [-0.2, 0) is 21.4 Å². The van der Waals surface area contributed by atoms with Crippen LogP contribution in [-0.4, -0.2) is 52.1 Å². The van der Waals surface area contributed by atoms with Gasteiger partial charge in [0.2, 0.25) is 0 Å². The van der Waals surface area contributed by atoms with E-state index in [1.807, 2.05) is 19.1 Å². The summed E-state index contributed by atoms with van der Waals surface area (Å²) in [6, 6.07) is 11.3. The van der Waals surface area contributed by atoms with Crippen molar-refractivity contribution in [2.24, 2.45) is 5.41 Å². The van der Waals surface area contributed by atoms with Gasteiger partial charge in [0.05, 0.1) is 12.2 Å². The van der Waals surface area contributed by atoms with Crippen molar-refractivity contribution in [2.75, 3.05) is 6.61 Å². The van der Waals surface area contributed by atoms with Gasteiger partial charge in [-0.25, -0.2) is 4.79 Å². The highest BCUT2D eigenvalue weighted by Gasteiger charge is 2.32. The van der Waals surface area contributed by atoms with Crippen LogP contribution in [0.15, 0.2) is 36.4 Å². The summed E-state index contributed by atoms with van der Waals surface area (Å²) in [6.07, 6.45) is 1.79. The monoisotopic (exact) mass is 541 g/mol. The van der Waals surface area contributed by atoms with E-state index >= 15 is 0 Å².